The van der Waals surface area contributed by atoms with Crippen LogP contribution in [0, 0.1) is 6.92 Å². The van der Waals surface area contributed by atoms with E-state index in [1.807, 2.05) is 25.1 Å². The highest BCUT2D eigenvalue weighted by molar-refractivity contribution is 5.85. The van der Waals surface area contributed by atoms with Gasteiger partial charge in [-0.25, -0.2) is 0 Å². The molecular weight excluding hydrogens is 186 g/mol. The molecule has 2 nitrogen and oxygen atoms in total. The SMILES string of the molecule is C=CCC[C@@H](N)c1ccc(C)o1.Cl. The van der Waals surface area contributed by atoms with Gasteiger partial charge in [-0.15, -0.1) is 19.0 Å². The molecule has 0 unspecified atom stereocenters. The molecule has 1 aromatic rings. The van der Waals surface area contributed by atoms with Gasteiger partial charge >= 0.3 is 0 Å². The van der Waals surface area contributed by atoms with Crippen LogP contribution in [0.4, 0.5) is 0 Å². The Morgan fingerprint density at radius 2 is 2.31 bits per heavy atom. The lowest BCUT2D eigenvalue weighted by Gasteiger charge is -2.05. The van der Waals surface area contributed by atoms with Gasteiger partial charge in [0.25, 0.3) is 0 Å². The minimum absolute atomic E-state index is 0. The van der Waals surface area contributed by atoms with Crippen molar-refractivity contribution in [1.82, 2.24) is 0 Å². The minimum atomic E-state index is 0. The molecule has 0 bridgehead atoms. The Labute approximate surface area is 85.2 Å². The van der Waals surface area contributed by atoms with Crippen LogP contribution in [0.1, 0.15) is 30.4 Å². The van der Waals surface area contributed by atoms with Crippen molar-refractivity contribution in [3.8, 4) is 0 Å². The van der Waals surface area contributed by atoms with E-state index in [2.05, 4.69) is 6.58 Å². The summed E-state index contributed by atoms with van der Waals surface area (Å²) in [6.07, 6.45) is 3.70. The van der Waals surface area contributed by atoms with Crippen molar-refractivity contribution in [3.05, 3.63) is 36.3 Å². The summed E-state index contributed by atoms with van der Waals surface area (Å²) in [5.41, 5.74) is 5.85. The summed E-state index contributed by atoms with van der Waals surface area (Å²) in [5.74, 6) is 1.79. The van der Waals surface area contributed by atoms with Crippen molar-refractivity contribution in [3.63, 3.8) is 0 Å². The van der Waals surface area contributed by atoms with E-state index in [0.717, 1.165) is 24.4 Å². The minimum Gasteiger partial charge on any atom is -0.465 e. The number of hydrogen-bond donors (Lipinski definition) is 1. The Hall–Kier alpha value is -0.730. The molecule has 0 aliphatic heterocycles. The molecule has 0 spiro atoms. The fourth-order valence-corrected chi connectivity index (χ4v) is 1.09. The number of aryl methyl sites for hydroxylation is 1. The lowest BCUT2D eigenvalue weighted by Crippen LogP contribution is -2.08. The van der Waals surface area contributed by atoms with Gasteiger partial charge in [0.05, 0.1) is 6.04 Å². The lowest BCUT2D eigenvalue weighted by atomic mass is 10.1. The van der Waals surface area contributed by atoms with Crippen LogP contribution in [0.15, 0.2) is 29.2 Å². The van der Waals surface area contributed by atoms with E-state index in [9.17, 15) is 0 Å². The van der Waals surface area contributed by atoms with Crippen LogP contribution in [0.25, 0.3) is 0 Å². The van der Waals surface area contributed by atoms with Gasteiger partial charge in [0.2, 0.25) is 0 Å². The van der Waals surface area contributed by atoms with Gasteiger partial charge in [-0.2, -0.15) is 0 Å². The first-order valence-corrected chi connectivity index (χ1v) is 4.17. The molecule has 0 amide bonds. The second-order valence-corrected chi connectivity index (χ2v) is 2.92. The fourth-order valence-electron chi connectivity index (χ4n) is 1.09. The van der Waals surface area contributed by atoms with Crippen LogP contribution in [0.2, 0.25) is 0 Å². The topological polar surface area (TPSA) is 39.2 Å². The summed E-state index contributed by atoms with van der Waals surface area (Å²) in [5, 5.41) is 0. The molecule has 2 N–H and O–H groups in total. The van der Waals surface area contributed by atoms with Crippen molar-refractivity contribution < 1.29 is 4.42 Å². The number of furan rings is 1. The summed E-state index contributed by atoms with van der Waals surface area (Å²) >= 11 is 0. The van der Waals surface area contributed by atoms with E-state index < -0.39 is 0 Å². The molecule has 0 aliphatic carbocycles. The number of hydrogen-bond acceptors (Lipinski definition) is 2. The Morgan fingerprint density at radius 1 is 1.62 bits per heavy atom. The van der Waals surface area contributed by atoms with Crippen LogP contribution in [0.5, 0.6) is 0 Å². The highest BCUT2D eigenvalue weighted by Gasteiger charge is 2.07. The first-order valence-electron chi connectivity index (χ1n) is 4.17. The molecule has 0 radical (unpaired) electrons. The monoisotopic (exact) mass is 201 g/mol. The van der Waals surface area contributed by atoms with Crippen LogP contribution in [0.3, 0.4) is 0 Å². The maximum atomic E-state index is 5.85. The molecule has 1 atom stereocenters. The average Bonchev–Trinajstić information content (AvgIpc) is 2.47. The van der Waals surface area contributed by atoms with Crippen molar-refractivity contribution >= 4 is 12.4 Å². The number of allylic oxidation sites excluding steroid dienone is 1. The van der Waals surface area contributed by atoms with Crippen molar-refractivity contribution in [2.24, 2.45) is 5.73 Å². The second-order valence-electron chi connectivity index (χ2n) is 2.92. The maximum Gasteiger partial charge on any atom is 0.120 e. The Kier molecular flexibility index (Phi) is 5.51. The third-order valence-corrected chi connectivity index (χ3v) is 1.81. The van der Waals surface area contributed by atoms with Crippen molar-refractivity contribution in [1.29, 1.82) is 0 Å². The zero-order valence-corrected chi connectivity index (χ0v) is 8.64. The van der Waals surface area contributed by atoms with Crippen LogP contribution in [-0.4, -0.2) is 0 Å². The molecular formula is C10H16ClNO. The van der Waals surface area contributed by atoms with Crippen LogP contribution in [-0.2, 0) is 0 Å². The standard InChI is InChI=1S/C10H15NO.ClH/c1-3-4-5-9(11)10-7-6-8(2)12-10;/h3,6-7,9H,1,4-5,11H2,2H3;1H/t9-;/m1./s1. The van der Waals surface area contributed by atoms with E-state index in [0.29, 0.717) is 0 Å². The smallest absolute Gasteiger partial charge is 0.120 e. The second kappa shape index (κ2) is 5.84. The molecule has 0 aromatic carbocycles. The molecule has 0 fully saturated rings. The zero-order chi connectivity index (χ0) is 8.97. The Balaban J connectivity index is 0.00000144. The van der Waals surface area contributed by atoms with Crippen molar-refractivity contribution in [2.75, 3.05) is 0 Å². The molecule has 0 saturated carbocycles. The predicted molar refractivity (Wildman–Crippen MR) is 57.1 cm³/mol. The predicted octanol–water partition coefficient (Wildman–Crippen LogP) is 2.98. The van der Waals surface area contributed by atoms with Gasteiger partial charge in [-0.05, 0) is 31.9 Å². The van der Waals surface area contributed by atoms with Crippen molar-refractivity contribution in [2.45, 2.75) is 25.8 Å². The molecule has 1 heterocycles. The molecule has 1 rings (SSSR count). The number of halogens is 1. The molecule has 3 heteroatoms. The van der Waals surface area contributed by atoms with Crippen LogP contribution < -0.4 is 5.73 Å². The average molecular weight is 202 g/mol. The third-order valence-electron chi connectivity index (χ3n) is 1.81. The molecule has 74 valence electrons. The lowest BCUT2D eigenvalue weighted by molar-refractivity contribution is 0.436. The Morgan fingerprint density at radius 3 is 2.77 bits per heavy atom. The van der Waals surface area contributed by atoms with Gasteiger partial charge in [0.1, 0.15) is 11.5 Å². The van der Waals surface area contributed by atoms with Gasteiger partial charge < -0.3 is 10.2 Å². The summed E-state index contributed by atoms with van der Waals surface area (Å²) in [7, 11) is 0. The van der Waals surface area contributed by atoms with Crippen LogP contribution >= 0.6 is 12.4 Å². The summed E-state index contributed by atoms with van der Waals surface area (Å²) in [6, 6.07) is 3.88. The van der Waals surface area contributed by atoms with Gasteiger partial charge in [0, 0.05) is 0 Å². The fraction of sp³-hybridized carbons (Fsp3) is 0.400. The number of rotatable bonds is 4. The first kappa shape index (κ1) is 12.3. The Bertz CT molecular complexity index is 257. The zero-order valence-electron chi connectivity index (χ0n) is 7.82. The van der Waals surface area contributed by atoms with Gasteiger partial charge in [0.15, 0.2) is 0 Å². The van der Waals surface area contributed by atoms with E-state index in [1.54, 1.807) is 0 Å². The highest BCUT2D eigenvalue weighted by Crippen LogP contribution is 2.18. The normalized spacial score (nSPS) is 11.8. The largest absolute Gasteiger partial charge is 0.465 e. The quantitative estimate of drug-likeness (QED) is 0.761. The molecule has 1 aromatic heterocycles. The molecule has 0 aliphatic rings. The summed E-state index contributed by atoms with van der Waals surface area (Å²) in [6.45, 7) is 5.57. The van der Waals surface area contributed by atoms with E-state index in [-0.39, 0.29) is 18.4 Å². The maximum absolute atomic E-state index is 5.85. The van der Waals surface area contributed by atoms with E-state index in [4.69, 9.17) is 10.2 Å². The summed E-state index contributed by atoms with van der Waals surface area (Å²) < 4.78 is 5.38. The third kappa shape index (κ3) is 3.66. The van der Waals surface area contributed by atoms with E-state index in [1.165, 1.54) is 0 Å². The summed E-state index contributed by atoms with van der Waals surface area (Å²) in [4.78, 5) is 0. The molecule has 0 saturated heterocycles. The first-order chi connectivity index (χ1) is 5.74. The van der Waals surface area contributed by atoms with Gasteiger partial charge in [-0.3, -0.25) is 0 Å². The number of nitrogens with two attached hydrogens (primary N) is 1. The highest BCUT2D eigenvalue weighted by atomic mass is 35.5. The van der Waals surface area contributed by atoms with Gasteiger partial charge in [-0.1, -0.05) is 6.08 Å². The van der Waals surface area contributed by atoms with E-state index >= 15 is 0 Å². The molecule has 13 heavy (non-hydrogen) atoms.